The Labute approximate surface area is 128 Å². The van der Waals surface area contributed by atoms with Crippen molar-refractivity contribution in [1.82, 2.24) is 4.98 Å². The second kappa shape index (κ2) is 5.58. The maximum Gasteiger partial charge on any atom is 0.187 e. The van der Waals surface area contributed by atoms with Crippen LogP contribution >= 0.6 is 11.3 Å². The number of hydrogen-bond donors (Lipinski definition) is 0. The molecule has 21 heavy (non-hydrogen) atoms. The monoisotopic (exact) mass is 302 g/mol. The van der Waals surface area contributed by atoms with Gasteiger partial charge in [-0.15, -0.1) is 0 Å². The molecule has 4 nitrogen and oxygen atoms in total. The van der Waals surface area contributed by atoms with Crippen molar-refractivity contribution in [3.05, 3.63) is 35.2 Å². The molecule has 0 N–H and O–H groups in total. The molecule has 110 valence electrons. The second-order valence-electron chi connectivity index (χ2n) is 5.71. The van der Waals surface area contributed by atoms with Gasteiger partial charge in [-0.25, -0.2) is 4.98 Å². The van der Waals surface area contributed by atoms with E-state index in [1.165, 1.54) is 11.3 Å². The van der Waals surface area contributed by atoms with Crippen molar-refractivity contribution in [2.45, 2.75) is 19.4 Å². The number of anilines is 1. The molecule has 1 saturated heterocycles. The van der Waals surface area contributed by atoms with Crippen molar-refractivity contribution < 1.29 is 9.53 Å². The summed E-state index contributed by atoms with van der Waals surface area (Å²) in [5, 5.41) is 0.893. The minimum atomic E-state index is -0.107. The number of carbonyl (C=O) groups excluding carboxylic acids is 1. The molecule has 0 aliphatic carbocycles. The van der Waals surface area contributed by atoms with Crippen LogP contribution in [0.2, 0.25) is 0 Å². The van der Waals surface area contributed by atoms with Gasteiger partial charge in [-0.2, -0.15) is 0 Å². The number of aldehydes is 1. The Kier molecular flexibility index (Phi) is 3.78. The minimum absolute atomic E-state index is 0.107. The quantitative estimate of drug-likeness (QED) is 0.816. The fraction of sp³-hybridized carbons (Fsp3) is 0.375. The summed E-state index contributed by atoms with van der Waals surface area (Å²) < 4.78 is 5.55. The van der Waals surface area contributed by atoms with Crippen molar-refractivity contribution in [3.8, 4) is 11.3 Å². The van der Waals surface area contributed by atoms with Crippen LogP contribution < -0.4 is 4.90 Å². The summed E-state index contributed by atoms with van der Waals surface area (Å²) in [6.07, 6.45) is 0.900. The maximum absolute atomic E-state index is 11.4. The standard InChI is InChI=1S/C16H18N2O2S/c1-16(2)11-20-9-8-18(16)15-17-14(13(10-19)21-15)12-6-4-3-5-7-12/h3-7,10H,8-9,11H2,1-2H3. The molecule has 1 aliphatic rings. The molecule has 0 unspecified atom stereocenters. The van der Waals surface area contributed by atoms with Crippen LogP contribution in [0.25, 0.3) is 11.3 Å². The van der Waals surface area contributed by atoms with Crippen LogP contribution in [-0.4, -0.2) is 36.6 Å². The Bertz CT molecular complexity index is 637. The summed E-state index contributed by atoms with van der Waals surface area (Å²) in [4.78, 5) is 19.0. The van der Waals surface area contributed by atoms with E-state index >= 15 is 0 Å². The number of nitrogens with zero attached hydrogens (tertiary/aromatic N) is 2. The van der Waals surface area contributed by atoms with E-state index < -0.39 is 0 Å². The van der Waals surface area contributed by atoms with Crippen LogP contribution in [0, 0.1) is 0 Å². The average molecular weight is 302 g/mol. The molecular formula is C16H18N2O2S. The van der Waals surface area contributed by atoms with E-state index in [0.29, 0.717) is 18.1 Å². The molecular weight excluding hydrogens is 284 g/mol. The van der Waals surface area contributed by atoms with Gasteiger partial charge in [0, 0.05) is 12.1 Å². The topological polar surface area (TPSA) is 42.4 Å². The van der Waals surface area contributed by atoms with Crippen molar-refractivity contribution in [1.29, 1.82) is 0 Å². The van der Waals surface area contributed by atoms with Crippen molar-refractivity contribution >= 4 is 22.8 Å². The number of carbonyl (C=O) groups is 1. The number of ether oxygens (including phenoxy) is 1. The van der Waals surface area contributed by atoms with Gasteiger partial charge in [-0.05, 0) is 13.8 Å². The Morgan fingerprint density at radius 1 is 1.33 bits per heavy atom. The first-order valence-electron chi connectivity index (χ1n) is 6.98. The Morgan fingerprint density at radius 3 is 2.76 bits per heavy atom. The molecule has 0 atom stereocenters. The van der Waals surface area contributed by atoms with Crippen molar-refractivity contribution in [2.24, 2.45) is 0 Å². The van der Waals surface area contributed by atoms with Gasteiger partial charge in [-0.3, -0.25) is 4.79 Å². The first kappa shape index (κ1) is 14.2. The number of hydrogen-bond acceptors (Lipinski definition) is 5. The summed E-state index contributed by atoms with van der Waals surface area (Å²) in [6, 6.07) is 9.85. The van der Waals surface area contributed by atoms with Crippen LogP contribution in [0.4, 0.5) is 5.13 Å². The van der Waals surface area contributed by atoms with E-state index in [-0.39, 0.29) is 5.54 Å². The Morgan fingerprint density at radius 2 is 2.10 bits per heavy atom. The first-order chi connectivity index (χ1) is 10.1. The fourth-order valence-electron chi connectivity index (χ4n) is 2.53. The number of rotatable bonds is 3. The maximum atomic E-state index is 11.4. The molecule has 0 spiro atoms. The minimum Gasteiger partial charge on any atom is -0.377 e. The van der Waals surface area contributed by atoms with Gasteiger partial charge in [0.05, 0.1) is 29.3 Å². The lowest BCUT2D eigenvalue weighted by Crippen LogP contribution is -2.53. The second-order valence-corrected chi connectivity index (χ2v) is 6.72. The highest BCUT2D eigenvalue weighted by atomic mass is 32.1. The van der Waals surface area contributed by atoms with Gasteiger partial charge < -0.3 is 9.64 Å². The molecule has 0 saturated carbocycles. The number of aromatic nitrogens is 1. The van der Waals surface area contributed by atoms with Crippen molar-refractivity contribution in [3.63, 3.8) is 0 Å². The summed E-state index contributed by atoms with van der Waals surface area (Å²) in [5.41, 5.74) is 1.64. The molecule has 1 aliphatic heterocycles. The molecule has 2 heterocycles. The molecule has 0 amide bonds. The van der Waals surface area contributed by atoms with E-state index in [2.05, 4.69) is 18.7 Å². The largest absolute Gasteiger partial charge is 0.377 e. The summed E-state index contributed by atoms with van der Waals surface area (Å²) in [7, 11) is 0. The lowest BCUT2D eigenvalue weighted by Gasteiger charge is -2.41. The first-order valence-corrected chi connectivity index (χ1v) is 7.80. The molecule has 5 heteroatoms. The summed E-state index contributed by atoms with van der Waals surface area (Å²) in [5.74, 6) is 0. The van der Waals surface area contributed by atoms with Gasteiger partial charge >= 0.3 is 0 Å². The molecule has 1 aromatic carbocycles. The fourth-order valence-corrected chi connectivity index (χ4v) is 3.62. The van der Waals surface area contributed by atoms with E-state index in [1.807, 2.05) is 30.3 Å². The molecule has 0 radical (unpaired) electrons. The molecule has 1 fully saturated rings. The third kappa shape index (κ3) is 2.71. The lowest BCUT2D eigenvalue weighted by atomic mass is 10.0. The Balaban J connectivity index is 2.02. The zero-order chi connectivity index (χ0) is 14.9. The zero-order valence-corrected chi connectivity index (χ0v) is 13.0. The molecule has 0 bridgehead atoms. The smallest absolute Gasteiger partial charge is 0.187 e. The molecule has 2 aromatic rings. The predicted octanol–water partition coefficient (Wildman–Crippen LogP) is 3.24. The third-order valence-electron chi connectivity index (χ3n) is 3.67. The highest BCUT2D eigenvalue weighted by molar-refractivity contribution is 7.17. The van der Waals surface area contributed by atoms with E-state index in [4.69, 9.17) is 9.72 Å². The van der Waals surface area contributed by atoms with Crippen LogP contribution in [0.15, 0.2) is 30.3 Å². The molecule has 1 aromatic heterocycles. The Hall–Kier alpha value is -1.72. The van der Waals surface area contributed by atoms with Crippen LogP contribution in [0.1, 0.15) is 23.5 Å². The average Bonchev–Trinajstić information content (AvgIpc) is 2.91. The van der Waals surface area contributed by atoms with Gasteiger partial charge in [0.1, 0.15) is 0 Å². The van der Waals surface area contributed by atoms with Gasteiger partial charge in [-0.1, -0.05) is 41.7 Å². The number of benzene rings is 1. The van der Waals surface area contributed by atoms with E-state index in [0.717, 1.165) is 29.2 Å². The highest BCUT2D eigenvalue weighted by Crippen LogP contribution is 2.35. The zero-order valence-electron chi connectivity index (χ0n) is 12.2. The molecule has 3 rings (SSSR count). The number of morpholine rings is 1. The normalized spacial score (nSPS) is 17.7. The van der Waals surface area contributed by atoms with E-state index in [9.17, 15) is 4.79 Å². The third-order valence-corrected chi connectivity index (χ3v) is 4.68. The van der Waals surface area contributed by atoms with Gasteiger partial charge in [0.2, 0.25) is 0 Å². The van der Waals surface area contributed by atoms with Crippen LogP contribution in [0.5, 0.6) is 0 Å². The van der Waals surface area contributed by atoms with E-state index in [1.54, 1.807) is 0 Å². The predicted molar refractivity (Wildman–Crippen MR) is 85.2 cm³/mol. The highest BCUT2D eigenvalue weighted by Gasteiger charge is 2.33. The summed E-state index contributed by atoms with van der Waals surface area (Å²) in [6.45, 7) is 6.43. The van der Waals surface area contributed by atoms with Crippen LogP contribution in [-0.2, 0) is 4.74 Å². The summed E-state index contributed by atoms with van der Waals surface area (Å²) >= 11 is 1.45. The SMILES string of the molecule is CC1(C)COCCN1c1nc(-c2ccccc2)c(C=O)s1. The van der Waals surface area contributed by atoms with Crippen LogP contribution in [0.3, 0.4) is 0 Å². The van der Waals surface area contributed by atoms with Crippen molar-refractivity contribution in [2.75, 3.05) is 24.7 Å². The van der Waals surface area contributed by atoms with Gasteiger partial charge in [0.15, 0.2) is 11.4 Å². The van der Waals surface area contributed by atoms with Gasteiger partial charge in [0.25, 0.3) is 0 Å². The number of thiazole rings is 1. The lowest BCUT2D eigenvalue weighted by molar-refractivity contribution is 0.0644.